The van der Waals surface area contributed by atoms with E-state index in [0.717, 1.165) is 24.3 Å². The lowest BCUT2D eigenvalue weighted by molar-refractivity contribution is -0.386. The van der Waals surface area contributed by atoms with Crippen molar-refractivity contribution in [2.75, 3.05) is 5.32 Å². The Bertz CT molecular complexity index is 686. The molecule has 0 bridgehead atoms. The molecule has 2 aromatic carbocycles. The van der Waals surface area contributed by atoms with Crippen molar-refractivity contribution in [1.82, 2.24) is 0 Å². The van der Waals surface area contributed by atoms with Crippen LogP contribution in [0.2, 0.25) is 0 Å². The topological polar surface area (TPSA) is 55.2 Å². The highest BCUT2D eigenvalue weighted by Gasteiger charge is 2.33. The fraction of sp³-hybridized carbons (Fsp3) is 0.0769. The predicted molar refractivity (Wildman–Crippen MR) is 67.8 cm³/mol. The minimum absolute atomic E-state index is 0.350. The van der Waals surface area contributed by atoms with E-state index in [-0.39, 0.29) is 5.69 Å². The van der Waals surface area contributed by atoms with Crippen LogP contribution in [0, 0.1) is 15.9 Å². The van der Waals surface area contributed by atoms with Gasteiger partial charge in [-0.25, -0.2) is 0 Å². The molecule has 0 radical (unpaired) electrons. The largest absolute Gasteiger partial charge is 0.418 e. The molecule has 8 heteroatoms. The van der Waals surface area contributed by atoms with Gasteiger partial charge in [0.2, 0.25) is 5.82 Å². The summed E-state index contributed by atoms with van der Waals surface area (Å²) in [5, 5.41) is 13.1. The Labute approximate surface area is 116 Å². The monoisotopic (exact) mass is 300 g/mol. The van der Waals surface area contributed by atoms with E-state index in [4.69, 9.17) is 0 Å². The lowest BCUT2D eigenvalue weighted by atomic mass is 10.1. The molecule has 0 aliphatic carbocycles. The van der Waals surface area contributed by atoms with Crippen LogP contribution in [0.4, 0.5) is 34.6 Å². The Morgan fingerprint density at radius 1 is 1.00 bits per heavy atom. The number of hydrogen-bond acceptors (Lipinski definition) is 3. The van der Waals surface area contributed by atoms with Gasteiger partial charge in [-0.2, -0.15) is 17.6 Å². The van der Waals surface area contributed by atoms with Crippen molar-refractivity contribution in [1.29, 1.82) is 0 Å². The zero-order valence-corrected chi connectivity index (χ0v) is 10.3. The van der Waals surface area contributed by atoms with Crippen molar-refractivity contribution >= 4 is 17.1 Å². The summed E-state index contributed by atoms with van der Waals surface area (Å²) in [4.78, 5) is 9.83. The van der Waals surface area contributed by atoms with Gasteiger partial charge in [-0.05, 0) is 24.3 Å². The summed E-state index contributed by atoms with van der Waals surface area (Å²) >= 11 is 0. The summed E-state index contributed by atoms with van der Waals surface area (Å²) in [5.74, 6) is -1.13. The van der Waals surface area contributed by atoms with Crippen molar-refractivity contribution in [2.45, 2.75) is 6.18 Å². The summed E-state index contributed by atoms with van der Waals surface area (Å²) < 4.78 is 52.0. The Kier molecular flexibility index (Phi) is 3.79. The molecule has 21 heavy (non-hydrogen) atoms. The van der Waals surface area contributed by atoms with E-state index in [0.29, 0.717) is 0 Å². The number of nitro benzene ring substituents is 1. The van der Waals surface area contributed by atoms with Crippen LogP contribution < -0.4 is 5.32 Å². The maximum absolute atomic E-state index is 13.4. The average Bonchev–Trinajstić information content (AvgIpc) is 2.37. The summed E-state index contributed by atoms with van der Waals surface area (Å²) in [5.41, 5.74) is -2.64. The number of nitrogens with zero attached hydrogens (tertiary/aromatic N) is 1. The van der Waals surface area contributed by atoms with Gasteiger partial charge in [0.05, 0.1) is 16.2 Å². The number of halogens is 4. The maximum Gasteiger partial charge on any atom is 0.418 e. The van der Waals surface area contributed by atoms with Crippen LogP contribution in [-0.4, -0.2) is 4.92 Å². The first-order valence-electron chi connectivity index (χ1n) is 5.67. The minimum atomic E-state index is -4.63. The van der Waals surface area contributed by atoms with E-state index in [9.17, 15) is 27.7 Å². The number of anilines is 2. The predicted octanol–water partition coefficient (Wildman–Crippen LogP) is 4.50. The molecule has 0 spiro atoms. The lowest BCUT2D eigenvalue weighted by Gasteiger charge is -2.14. The van der Waals surface area contributed by atoms with Gasteiger partial charge in [0.15, 0.2) is 0 Å². The number of hydrogen-bond donors (Lipinski definition) is 1. The van der Waals surface area contributed by atoms with Crippen LogP contribution in [0.25, 0.3) is 0 Å². The standard InChI is InChI=1S/C13H8F4N2O2/c14-9-5-3-7-11(12(9)19(20)21)18-10-6-2-1-4-8(10)13(15,16)17/h1-7,18H. The van der Waals surface area contributed by atoms with E-state index in [2.05, 4.69) is 5.32 Å². The fourth-order valence-corrected chi connectivity index (χ4v) is 1.79. The molecule has 0 saturated carbocycles. The molecule has 1 N–H and O–H groups in total. The summed E-state index contributed by atoms with van der Waals surface area (Å²) in [6.07, 6.45) is -4.63. The normalized spacial score (nSPS) is 11.2. The van der Waals surface area contributed by atoms with Crippen molar-refractivity contribution in [2.24, 2.45) is 0 Å². The SMILES string of the molecule is O=[N+]([O-])c1c(F)cccc1Nc1ccccc1C(F)(F)F. The molecule has 0 aliphatic rings. The molecular formula is C13H8F4N2O2. The molecule has 0 aliphatic heterocycles. The van der Waals surface area contributed by atoms with E-state index < -0.39 is 33.9 Å². The highest BCUT2D eigenvalue weighted by molar-refractivity contribution is 5.71. The maximum atomic E-state index is 13.4. The molecule has 4 nitrogen and oxygen atoms in total. The van der Waals surface area contributed by atoms with E-state index in [1.807, 2.05) is 0 Å². The summed E-state index contributed by atoms with van der Waals surface area (Å²) in [6.45, 7) is 0. The molecule has 0 amide bonds. The molecule has 110 valence electrons. The molecule has 0 saturated heterocycles. The lowest BCUT2D eigenvalue weighted by Crippen LogP contribution is -2.09. The van der Waals surface area contributed by atoms with Crippen molar-refractivity contribution in [3.05, 3.63) is 64.0 Å². The summed E-state index contributed by atoms with van der Waals surface area (Å²) in [7, 11) is 0. The van der Waals surface area contributed by atoms with Crippen molar-refractivity contribution in [3.63, 3.8) is 0 Å². The second-order valence-electron chi connectivity index (χ2n) is 4.06. The minimum Gasteiger partial charge on any atom is -0.349 e. The van der Waals surface area contributed by atoms with Gasteiger partial charge < -0.3 is 5.32 Å². The first kappa shape index (κ1) is 14.8. The molecule has 0 unspecified atom stereocenters. The van der Waals surface area contributed by atoms with Crippen LogP contribution >= 0.6 is 0 Å². The Balaban J connectivity index is 2.50. The zero-order valence-electron chi connectivity index (χ0n) is 10.3. The molecule has 0 heterocycles. The number of alkyl halides is 3. The van der Waals surface area contributed by atoms with Gasteiger partial charge in [-0.15, -0.1) is 0 Å². The van der Waals surface area contributed by atoms with Crippen LogP contribution in [-0.2, 0) is 6.18 Å². The van der Waals surface area contributed by atoms with Crippen LogP contribution in [0.15, 0.2) is 42.5 Å². The zero-order chi connectivity index (χ0) is 15.6. The van der Waals surface area contributed by atoms with Crippen LogP contribution in [0.3, 0.4) is 0 Å². The van der Waals surface area contributed by atoms with Gasteiger partial charge in [-0.1, -0.05) is 18.2 Å². The molecule has 2 rings (SSSR count). The third-order valence-electron chi connectivity index (χ3n) is 2.67. The van der Waals surface area contributed by atoms with Crippen LogP contribution in [0.1, 0.15) is 5.56 Å². The fourth-order valence-electron chi connectivity index (χ4n) is 1.79. The van der Waals surface area contributed by atoms with Gasteiger partial charge in [0.1, 0.15) is 5.69 Å². The van der Waals surface area contributed by atoms with Gasteiger partial charge >= 0.3 is 11.9 Å². The molecular weight excluding hydrogens is 292 g/mol. The molecule has 2 aromatic rings. The van der Waals surface area contributed by atoms with Gasteiger partial charge in [-0.3, -0.25) is 10.1 Å². The Hall–Kier alpha value is -2.64. The molecule has 0 aromatic heterocycles. The smallest absolute Gasteiger partial charge is 0.349 e. The number of para-hydroxylation sites is 2. The second kappa shape index (κ2) is 5.39. The first-order valence-corrected chi connectivity index (χ1v) is 5.67. The molecule has 0 fully saturated rings. The summed E-state index contributed by atoms with van der Waals surface area (Å²) in [6, 6.07) is 7.62. The Morgan fingerprint density at radius 3 is 2.24 bits per heavy atom. The second-order valence-corrected chi connectivity index (χ2v) is 4.06. The average molecular weight is 300 g/mol. The number of rotatable bonds is 3. The third kappa shape index (κ3) is 3.10. The molecule has 0 atom stereocenters. The number of nitro groups is 1. The first-order chi connectivity index (χ1) is 9.80. The number of benzene rings is 2. The third-order valence-corrected chi connectivity index (χ3v) is 2.67. The number of nitrogens with one attached hydrogen (secondary N) is 1. The van der Waals surface area contributed by atoms with Crippen molar-refractivity contribution in [3.8, 4) is 0 Å². The van der Waals surface area contributed by atoms with Crippen LogP contribution in [0.5, 0.6) is 0 Å². The van der Waals surface area contributed by atoms with E-state index in [1.165, 1.54) is 18.2 Å². The van der Waals surface area contributed by atoms with E-state index >= 15 is 0 Å². The quantitative estimate of drug-likeness (QED) is 0.516. The highest BCUT2D eigenvalue weighted by atomic mass is 19.4. The Morgan fingerprint density at radius 2 is 1.62 bits per heavy atom. The van der Waals surface area contributed by atoms with E-state index in [1.54, 1.807) is 0 Å². The van der Waals surface area contributed by atoms with Gasteiger partial charge in [0.25, 0.3) is 0 Å². The van der Waals surface area contributed by atoms with Crippen molar-refractivity contribution < 1.29 is 22.5 Å². The highest BCUT2D eigenvalue weighted by Crippen LogP contribution is 2.37. The van der Waals surface area contributed by atoms with Gasteiger partial charge in [0, 0.05) is 0 Å².